The molecule has 0 radical (unpaired) electrons. The van der Waals surface area contributed by atoms with Crippen molar-refractivity contribution >= 4 is 18.3 Å². The maximum Gasteiger partial charge on any atom is 0.220 e. The Morgan fingerprint density at radius 2 is 2.00 bits per heavy atom. The first-order chi connectivity index (χ1) is 7.68. The maximum absolute atomic E-state index is 11.4. The van der Waals surface area contributed by atoms with Crippen molar-refractivity contribution in [2.75, 3.05) is 6.54 Å². The van der Waals surface area contributed by atoms with Gasteiger partial charge in [-0.3, -0.25) is 4.79 Å². The average Bonchev–Trinajstić information content (AvgIpc) is 2.28. The molecule has 1 unspecified atom stereocenters. The number of nitrogens with one attached hydrogen (secondary N) is 1. The van der Waals surface area contributed by atoms with Gasteiger partial charge in [-0.2, -0.15) is 0 Å². The molecule has 96 valence electrons. The van der Waals surface area contributed by atoms with Crippen molar-refractivity contribution in [2.45, 2.75) is 32.2 Å². The van der Waals surface area contributed by atoms with Crippen molar-refractivity contribution in [1.82, 2.24) is 5.32 Å². The van der Waals surface area contributed by atoms with Gasteiger partial charge >= 0.3 is 0 Å². The number of benzene rings is 1. The second-order valence-electron chi connectivity index (χ2n) is 4.10. The van der Waals surface area contributed by atoms with Crippen molar-refractivity contribution in [2.24, 2.45) is 5.73 Å². The van der Waals surface area contributed by atoms with Gasteiger partial charge in [-0.05, 0) is 25.3 Å². The van der Waals surface area contributed by atoms with Gasteiger partial charge in [0.2, 0.25) is 5.91 Å². The molecule has 0 aliphatic rings. The van der Waals surface area contributed by atoms with E-state index in [1.807, 2.05) is 25.1 Å². The minimum absolute atomic E-state index is 0. The molecule has 0 bridgehead atoms. The molecule has 1 aromatic carbocycles. The van der Waals surface area contributed by atoms with Crippen LogP contribution in [0.2, 0.25) is 0 Å². The summed E-state index contributed by atoms with van der Waals surface area (Å²) in [5.41, 5.74) is 6.83. The molecule has 0 aliphatic heterocycles. The molecule has 3 nitrogen and oxygen atoms in total. The second kappa shape index (κ2) is 9.02. The van der Waals surface area contributed by atoms with E-state index >= 15 is 0 Å². The SMILES string of the molecule is CC(N)CCC(=O)NCCc1ccccc1.Cl. The van der Waals surface area contributed by atoms with Crippen molar-refractivity contribution < 1.29 is 4.79 Å². The monoisotopic (exact) mass is 256 g/mol. The predicted molar refractivity (Wildman–Crippen MR) is 73.3 cm³/mol. The average molecular weight is 257 g/mol. The highest BCUT2D eigenvalue weighted by atomic mass is 35.5. The molecule has 0 saturated carbocycles. The summed E-state index contributed by atoms with van der Waals surface area (Å²) in [6.07, 6.45) is 2.15. The highest BCUT2D eigenvalue weighted by Crippen LogP contribution is 1.98. The topological polar surface area (TPSA) is 55.1 Å². The number of hydrogen-bond donors (Lipinski definition) is 2. The molecule has 17 heavy (non-hydrogen) atoms. The van der Waals surface area contributed by atoms with Crippen molar-refractivity contribution in [1.29, 1.82) is 0 Å². The van der Waals surface area contributed by atoms with Crippen LogP contribution in [-0.2, 0) is 11.2 Å². The number of hydrogen-bond acceptors (Lipinski definition) is 2. The van der Waals surface area contributed by atoms with Gasteiger partial charge in [0.25, 0.3) is 0 Å². The Hall–Kier alpha value is -1.06. The lowest BCUT2D eigenvalue weighted by atomic mass is 10.1. The summed E-state index contributed by atoms with van der Waals surface area (Å²) >= 11 is 0. The van der Waals surface area contributed by atoms with Crippen LogP contribution in [0.25, 0.3) is 0 Å². The number of rotatable bonds is 6. The molecule has 1 rings (SSSR count). The van der Waals surface area contributed by atoms with Crippen molar-refractivity contribution in [3.63, 3.8) is 0 Å². The summed E-state index contributed by atoms with van der Waals surface area (Å²) in [7, 11) is 0. The normalized spacial score (nSPS) is 11.4. The van der Waals surface area contributed by atoms with Gasteiger partial charge in [0, 0.05) is 19.0 Å². The summed E-state index contributed by atoms with van der Waals surface area (Å²) in [6.45, 7) is 2.61. The van der Waals surface area contributed by atoms with Crippen LogP contribution in [0.3, 0.4) is 0 Å². The number of amides is 1. The molecular weight excluding hydrogens is 236 g/mol. The lowest BCUT2D eigenvalue weighted by molar-refractivity contribution is -0.121. The standard InChI is InChI=1S/C13H20N2O.ClH/c1-11(14)7-8-13(16)15-10-9-12-5-3-2-4-6-12;/h2-6,11H,7-10,14H2,1H3,(H,15,16);1H. The Morgan fingerprint density at radius 3 is 2.59 bits per heavy atom. The van der Waals surface area contributed by atoms with Crippen LogP contribution >= 0.6 is 12.4 Å². The molecule has 1 atom stereocenters. The van der Waals surface area contributed by atoms with Crippen LogP contribution in [0.1, 0.15) is 25.3 Å². The van der Waals surface area contributed by atoms with E-state index in [1.54, 1.807) is 0 Å². The molecule has 1 amide bonds. The first-order valence-corrected chi connectivity index (χ1v) is 5.74. The Bertz CT molecular complexity index is 314. The first-order valence-electron chi connectivity index (χ1n) is 5.74. The third-order valence-electron chi connectivity index (χ3n) is 2.41. The largest absolute Gasteiger partial charge is 0.356 e. The van der Waals surface area contributed by atoms with E-state index in [-0.39, 0.29) is 24.4 Å². The third-order valence-corrected chi connectivity index (χ3v) is 2.41. The number of halogens is 1. The molecule has 3 N–H and O–H groups in total. The zero-order chi connectivity index (χ0) is 11.8. The minimum Gasteiger partial charge on any atom is -0.356 e. The first kappa shape index (κ1) is 15.9. The fourth-order valence-corrected chi connectivity index (χ4v) is 1.44. The van der Waals surface area contributed by atoms with E-state index in [9.17, 15) is 4.79 Å². The van der Waals surface area contributed by atoms with Gasteiger partial charge in [0.1, 0.15) is 0 Å². The third kappa shape index (κ3) is 7.77. The van der Waals surface area contributed by atoms with Gasteiger partial charge in [0.15, 0.2) is 0 Å². The molecule has 0 aliphatic carbocycles. The summed E-state index contributed by atoms with van der Waals surface area (Å²) in [5.74, 6) is 0.0910. The van der Waals surface area contributed by atoms with Gasteiger partial charge in [-0.1, -0.05) is 30.3 Å². The Kier molecular flexibility index (Phi) is 8.46. The van der Waals surface area contributed by atoms with Crippen LogP contribution in [-0.4, -0.2) is 18.5 Å². The predicted octanol–water partition coefficient (Wildman–Crippen LogP) is 1.89. The Balaban J connectivity index is 0.00000256. The highest BCUT2D eigenvalue weighted by molar-refractivity contribution is 5.85. The van der Waals surface area contributed by atoms with Crippen LogP contribution < -0.4 is 11.1 Å². The molecule has 0 saturated heterocycles. The number of nitrogens with two attached hydrogens (primary N) is 1. The quantitative estimate of drug-likeness (QED) is 0.817. The van der Waals surface area contributed by atoms with Gasteiger partial charge in [0.05, 0.1) is 0 Å². The summed E-state index contributed by atoms with van der Waals surface area (Å²) in [6, 6.07) is 10.2. The van der Waals surface area contributed by atoms with E-state index in [0.29, 0.717) is 13.0 Å². The molecule has 0 fully saturated rings. The zero-order valence-corrected chi connectivity index (χ0v) is 11.0. The highest BCUT2D eigenvalue weighted by Gasteiger charge is 2.02. The fraction of sp³-hybridized carbons (Fsp3) is 0.462. The van der Waals surface area contributed by atoms with Crippen LogP contribution in [0.5, 0.6) is 0 Å². The summed E-state index contributed by atoms with van der Waals surface area (Å²) in [5, 5.41) is 2.89. The Labute approximate surface area is 109 Å². The van der Waals surface area contributed by atoms with Gasteiger partial charge < -0.3 is 11.1 Å². The van der Waals surface area contributed by atoms with Crippen LogP contribution in [0.4, 0.5) is 0 Å². The van der Waals surface area contributed by atoms with E-state index in [0.717, 1.165) is 12.8 Å². The van der Waals surface area contributed by atoms with E-state index in [1.165, 1.54) is 5.56 Å². The lowest BCUT2D eigenvalue weighted by Gasteiger charge is -2.06. The van der Waals surface area contributed by atoms with E-state index in [2.05, 4.69) is 17.4 Å². The van der Waals surface area contributed by atoms with Crippen LogP contribution in [0.15, 0.2) is 30.3 Å². The molecular formula is C13H21ClN2O. The molecule has 0 spiro atoms. The fourth-order valence-electron chi connectivity index (χ4n) is 1.44. The number of carbonyl (C=O) groups is 1. The summed E-state index contributed by atoms with van der Waals surface area (Å²) < 4.78 is 0. The van der Waals surface area contributed by atoms with Gasteiger partial charge in [-0.25, -0.2) is 0 Å². The van der Waals surface area contributed by atoms with E-state index in [4.69, 9.17) is 5.73 Å². The molecule has 0 heterocycles. The number of carbonyl (C=O) groups excluding carboxylic acids is 1. The minimum atomic E-state index is 0. The lowest BCUT2D eigenvalue weighted by Crippen LogP contribution is -2.27. The van der Waals surface area contributed by atoms with Gasteiger partial charge in [-0.15, -0.1) is 12.4 Å². The van der Waals surface area contributed by atoms with E-state index < -0.39 is 0 Å². The molecule has 0 aromatic heterocycles. The molecule has 4 heteroatoms. The maximum atomic E-state index is 11.4. The second-order valence-corrected chi connectivity index (χ2v) is 4.10. The van der Waals surface area contributed by atoms with Crippen molar-refractivity contribution in [3.05, 3.63) is 35.9 Å². The summed E-state index contributed by atoms with van der Waals surface area (Å²) in [4.78, 5) is 11.4. The Morgan fingerprint density at radius 1 is 1.35 bits per heavy atom. The zero-order valence-electron chi connectivity index (χ0n) is 10.2. The van der Waals surface area contributed by atoms with Crippen molar-refractivity contribution in [3.8, 4) is 0 Å². The molecule has 1 aromatic rings. The smallest absolute Gasteiger partial charge is 0.220 e. The van der Waals surface area contributed by atoms with Crippen LogP contribution in [0, 0.1) is 0 Å².